The number of hydrogen-bond donors (Lipinski definition) is 1. The third-order valence-corrected chi connectivity index (χ3v) is 2.47. The highest BCUT2D eigenvalue weighted by atomic mass is 16.4. The normalized spacial score (nSPS) is 9.52. The number of rotatable bonds is 4. The Labute approximate surface area is 124 Å². The second kappa shape index (κ2) is 9.04. The topological polar surface area (TPSA) is 50.2 Å². The molecule has 21 heavy (non-hydrogen) atoms. The lowest BCUT2D eigenvalue weighted by Gasteiger charge is -1.93. The Morgan fingerprint density at radius 2 is 1.71 bits per heavy atom. The van der Waals surface area contributed by atoms with Crippen molar-refractivity contribution in [2.45, 2.75) is 0 Å². The summed E-state index contributed by atoms with van der Waals surface area (Å²) in [5.41, 5.74) is 2.70. The van der Waals surface area contributed by atoms with Gasteiger partial charge in [0.15, 0.2) is 0 Å². The molecule has 0 atom stereocenters. The first-order valence-electron chi connectivity index (χ1n) is 6.32. The molecule has 3 heteroatoms. The van der Waals surface area contributed by atoms with Gasteiger partial charge in [-0.3, -0.25) is 4.98 Å². The molecule has 2 aromatic rings. The van der Waals surface area contributed by atoms with Gasteiger partial charge in [0, 0.05) is 12.3 Å². The highest BCUT2D eigenvalue weighted by Gasteiger charge is 1.91. The van der Waals surface area contributed by atoms with E-state index in [9.17, 15) is 4.79 Å². The molecule has 1 N–H and O–H groups in total. The summed E-state index contributed by atoms with van der Waals surface area (Å²) in [6, 6.07) is 13.6. The summed E-state index contributed by atoms with van der Waals surface area (Å²) in [7, 11) is 0. The number of carboxylic acids is 1. The molecule has 2 rings (SSSR count). The van der Waals surface area contributed by atoms with Gasteiger partial charge in [0.05, 0.1) is 5.69 Å². The molecule has 1 aromatic carbocycles. The maximum Gasteiger partial charge on any atom is 0.328 e. The Morgan fingerprint density at radius 3 is 2.24 bits per heavy atom. The van der Waals surface area contributed by atoms with E-state index in [2.05, 4.69) is 18.1 Å². The quantitative estimate of drug-likeness (QED) is 0.855. The number of benzene rings is 1. The molecule has 1 aromatic heterocycles. The molecule has 0 amide bonds. The summed E-state index contributed by atoms with van der Waals surface area (Å²) < 4.78 is 0. The fraction of sp³-hybridized carbons (Fsp3) is 0. The molecule has 0 saturated heterocycles. The van der Waals surface area contributed by atoms with Crippen LogP contribution in [0.3, 0.4) is 0 Å². The Balaban J connectivity index is 0.000000235. The Kier molecular flexibility index (Phi) is 6.94. The molecule has 0 aliphatic heterocycles. The van der Waals surface area contributed by atoms with Crippen LogP contribution in [0, 0.1) is 0 Å². The molecular formula is C18H17NO2. The van der Waals surface area contributed by atoms with Gasteiger partial charge >= 0.3 is 5.97 Å². The fourth-order valence-electron chi connectivity index (χ4n) is 1.43. The third kappa shape index (κ3) is 6.68. The summed E-state index contributed by atoms with van der Waals surface area (Å²) in [6.45, 7) is 7.23. The minimum absolute atomic E-state index is 0.611. The maximum absolute atomic E-state index is 10.2. The number of aromatic nitrogens is 1. The van der Waals surface area contributed by atoms with Crippen LogP contribution in [-0.4, -0.2) is 16.1 Å². The average molecular weight is 279 g/mol. The van der Waals surface area contributed by atoms with Gasteiger partial charge in [-0.2, -0.15) is 0 Å². The smallest absolute Gasteiger partial charge is 0.328 e. The van der Waals surface area contributed by atoms with Crippen LogP contribution in [0.4, 0.5) is 0 Å². The van der Waals surface area contributed by atoms with Crippen molar-refractivity contribution in [1.29, 1.82) is 0 Å². The summed E-state index contributed by atoms with van der Waals surface area (Å²) >= 11 is 0. The van der Waals surface area contributed by atoms with Gasteiger partial charge in [-0.25, -0.2) is 4.79 Å². The van der Waals surface area contributed by atoms with E-state index in [-0.39, 0.29) is 0 Å². The molecule has 3 nitrogen and oxygen atoms in total. The summed E-state index contributed by atoms with van der Waals surface area (Å²) in [5.74, 6) is -0.981. The number of carboxylic acid groups (broad SMARTS) is 1. The molecule has 0 aliphatic carbocycles. The minimum atomic E-state index is -0.981. The predicted octanol–water partition coefficient (Wildman–Crippen LogP) is 4.15. The Bertz CT molecular complexity index is 631. The third-order valence-electron chi connectivity index (χ3n) is 2.47. The van der Waals surface area contributed by atoms with Crippen molar-refractivity contribution in [3.05, 3.63) is 84.7 Å². The number of pyridine rings is 1. The summed E-state index contributed by atoms with van der Waals surface area (Å²) in [4.78, 5) is 14.2. The van der Waals surface area contributed by atoms with Crippen LogP contribution in [0.25, 0.3) is 18.2 Å². The molecule has 0 radical (unpaired) electrons. The van der Waals surface area contributed by atoms with Gasteiger partial charge in [-0.05, 0) is 29.3 Å². The lowest BCUT2D eigenvalue weighted by atomic mass is 10.2. The number of carbonyl (C=O) groups is 1. The van der Waals surface area contributed by atoms with Gasteiger partial charge in [-0.15, -0.1) is 0 Å². The van der Waals surface area contributed by atoms with Crippen LogP contribution in [0.1, 0.15) is 16.8 Å². The molecular weight excluding hydrogens is 262 g/mol. The van der Waals surface area contributed by atoms with Gasteiger partial charge in [0.2, 0.25) is 0 Å². The summed E-state index contributed by atoms with van der Waals surface area (Å²) in [5, 5.41) is 8.37. The fourth-order valence-corrected chi connectivity index (χ4v) is 1.43. The molecule has 0 fully saturated rings. The maximum atomic E-state index is 10.2. The van der Waals surface area contributed by atoms with Crippen LogP contribution >= 0.6 is 0 Å². The van der Waals surface area contributed by atoms with E-state index in [1.807, 2.05) is 36.4 Å². The van der Waals surface area contributed by atoms with E-state index in [4.69, 9.17) is 5.11 Å². The van der Waals surface area contributed by atoms with Crippen molar-refractivity contribution < 1.29 is 9.90 Å². The van der Waals surface area contributed by atoms with Crippen LogP contribution in [-0.2, 0) is 4.79 Å². The highest BCUT2D eigenvalue weighted by molar-refractivity contribution is 5.84. The lowest BCUT2D eigenvalue weighted by Crippen LogP contribution is -1.87. The van der Waals surface area contributed by atoms with Crippen molar-refractivity contribution in [3.8, 4) is 0 Å². The molecule has 106 valence electrons. The van der Waals surface area contributed by atoms with Crippen molar-refractivity contribution in [3.63, 3.8) is 0 Å². The van der Waals surface area contributed by atoms with Gasteiger partial charge in [0.1, 0.15) is 0 Å². The van der Waals surface area contributed by atoms with Gasteiger partial charge < -0.3 is 5.11 Å². The SMILES string of the molecule is C=Cc1ccccc1.C=Cc1ccnc(C=CC(=O)O)c1. The van der Waals surface area contributed by atoms with E-state index >= 15 is 0 Å². The van der Waals surface area contributed by atoms with E-state index < -0.39 is 5.97 Å². The van der Waals surface area contributed by atoms with Crippen LogP contribution in [0.5, 0.6) is 0 Å². The first kappa shape index (κ1) is 16.1. The van der Waals surface area contributed by atoms with Crippen molar-refractivity contribution in [2.24, 2.45) is 0 Å². The number of nitrogens with zero attached hydrogens (tertiary/aromatic N) is 1. The number of aliphatic carboxylic acids is 1. The predicted molar refractivity (Wildman–Crippen MR) is 87.5 cm³/mol. The molecule has 0 aliphatic rings. The highest BCUT2D eigenvalue weighted by Crippen LogP contribution is 2.04. The first-order chi connectivity index (χ1) is 10.2. The Hall–Kier alpha value is -2.94. The molecule has 0 spiro atoms. The molecule has 0 saturated carbocycles. The second-order valence-electron chi connectivity index (χ2n) is 4.00. The molecule has 0 unspecified atom stereocenters. The van der Waals surface area contributed by atoms with Gasteiger partial charge in [-0.1, -0.05) is 55.6 Å². The Morgan fingerprint density at radius 1 is 1.05 bits per heavy atom. The van der Waals surface area contributed by atoms with E-state index in [0.717, 1.165) is 11.6 Å². The zero-order valence-corrected chi connectivity index (χ0v) is 11.6. The van der Waals surface area contributed by atoms with Crippen molar-refractivity contribution >= 4 is 24.2 Å². The zero-order chi connectivity index (χ0) is 15.5. The summed E-state index contributed by atoms with van der Waals surface area (Å²) in [6.07, 6.45) is 7.61. The van der Waals surface area contributed by atoms with Gasteiger partial charge in [0.25, 0.3) is 0 Å². The van der Waals surface area contributed by atoms with Crippen LogP contribution in [0.2, 0.25) is 0 Å². The lowest BCUT2D eigenvalue weighted by molar-refractivity contribution is -0.131. The number of hydrogen-bond acceptors (Lipinski definition) is 2. The minimum Gasteiger partial charge on any atom is -0.478 e. The zero-order valence-electron chi connectivity index (χ0n) is 11.6. The van der Waals surface area contributed by atoms with Crippen molar-refractivity contribution in [1.82, 2.24) is 4.98 Å². The monoisotopic (exact) mass is 279 g/mol. The van der Waals surface area contributed by atoms with E-state index in [0.29, 0.717) is 5.69 Å². The van der Waals surface area contributed by atoms with E-state index in [1.165, 1.54) is 11.6 Å². The van der Waals surface area contributed by atoms with Crippen LogP contribution in [0.15, 0.2) is 67.9 Å². The molecule has 1 heterocycles. The first-order valence-corrected chi connectivity index (χ1v) is 6.32. The van der Waals surface area contributed by atoms with Crippen molar-refractivity contribution in [2.75, 3.05) is 0 Å². The van der Waals surface area contributed by atoms with E-state index in [1.54, 1.807) is 24.4 Å². The standard InChI is InChI=1S/C10H9NO2.C8H8/c1-2-8-5-6-11-9(7-8)3-4-10(12)13;1-2-8-6-4-3-5-7-8/h2-7H,1H2,(H,12,13);2-7H,1H2. The average Bonchev–Trinajstić information content (AvgIpc) is 2.54. The molecule has 0 bridgehead atoms. The largest absolute Gasteiger partial charge is 0.478 e. The second-order valence-corrected chi connectivity index (χ2v) is 4.00. The van der Waals surface area contributed by atoms with Crippen LogP contribution < -0.4 is 0 Å².